The second kappa shape index (κ2) is 19.2. The molecule has 1 spiro atoms. The highest BCUT2D eigenvalue weighted by Gasteiger charge is 2.48. The van der Waals surface area contributed by atoms with Crippen LogP contribution in [0.1, 0.15) is 111 Å². The molecule has 2 heterocycles. The predicted molar refractivity (Wildman–Crippen MR) is 208 cm³/mol. The van der Waals surface area contributed by atoms with E-state index < -0.39 is 5.97 Å². The average molecular weight is 717 g/mol. The summed E-state index contributed by atoms with van der Waals surface area (Å²) in [5.41, 5.74) is 6.04. The fourth-order valence-corrected chi connectivity index (χ4v) is 7.45. The largest absolute Gasteiger partial charge is 0.478 e. The first-order valence-corrected chi connectivity index (χ1v) is 19.4. The molecule has 278 valence electrons. The summed E-state index contributed by atoms with van der Waals surface area (Å²) < 4.78 is 17.6. The molecule has 2 aliphatic rings. The molecule has 2 aromatic heterocycles. The van der Waals surface area contributed by atoms with Crippen LogP contribution in [0, 0.1) is 0 Å². The van der Waals surface area contributed by atoms with Gasteiger partial charge in [0.15, 0.2) is 5.75 Å². The molecule has 0 radical (unpaired) electrons. The number of hydrogen-bond donors (Lipinski definition) is 0. The van der Waals surface area contributed by atoms with Gasteiger partial charge in [0.1, 0.15) is 12.4 Å². The van der Waals surface area contributed by atoms with Crippen molar-refractivity contribution in [1.29, 1.82) is 0 Å². The molecule has 0 saturated carbocycles. The molecule has 53 heavy (non-hydrogen) atoms. The number of carbonyl (C=O) groups excluding carboxylic acids is 1. The van der Waals surface area contributed by atoms with E-state index in [9.17, 15) is 4.79 Å². The highest BCUT2D eigenvalue weighted by atomic mass is 17.2. The topological polar surface area (TPSA) is 89.0 Å². The number of pyridine rings is 2. The predicted octanol–water partition coefficient (Wildman–Crippen LogP) is 10.2. The lowest BCUT2D eigenvalue weighted by atomic mass is 9.76. The highest BCUT2D eigenvalue weighted by molar-refractivity contribution is 5.89. The van der Waals surface area contributed by atoms with Gasteiger partial charge in [0, 0.05) is 47.1 Å². The molecule has 1 unspecified atom stereocenters. The Morgan fingerprint density at radius 3 is 1.87 bits per heavy atom. The van der Waals surface area contributed by atoms with Crippen LogP contribution in [0.25, 0.3) is 12.2 Å². The number of hydrogen-bond acceptors (Lipinski definition) is 8. The maximum atomic E-state index is 13.2. The summed E-state index contributed by atoms with van der Waals surface area (Å²) in [6.07, 6.45) is 23.4. The minimum absolute atomic E-state index is 0.266. The van der Waals surface area contributed by atoms with Crippen LogP contribution in [0.15, 0.2) is 85.2 Å². The standard InChI is InChI=1S/C45H52N2O6/c1-3-5-7-9-29-49-40-22-19-34(32-46-40)14-13-31-51-53-39-18-12-16-37-26-28-45(44(37)39)27-25-36-15-11-17-38(43(36)45)52-42(48)24-21-35-20-23-41(47-33-35)50-30-10-8-6-4-2/h11-24,32-33H,3-10,25-31H2,1-2H3/b14-13+,24-21?. The maximum absolute atomic E-state index is 13.2. The third-order valence-electron chi connectivity index (χ3n) is 10.1. The molecule has 0 aliphatic heterocycles. The average Bonchev–Trinajstić information content (AvgIpc) is 3.76. The molecule has 2 aromatic carbocycles. The van der Waals surface area contributed by atoms with Crippen molar-refractivity contribution in [3.63, 3.8) is 0 Å². The van der Waals surface area contributed by atoms with Crippen molar-refractivity contribution >= 4 is 18.1 Å². The van der Waals surface area contributed by atoms with Crippen molar-refractivity contribution in [2.24, 2.45) is 0 Å². The molecular formula is C45H52N2O6. The summed E-state index contributed by atoms with van der Waals surface area (Å²) in [4.78, 5) is 33.7. The van der Waals surface area contributed by atoms with Gasteiger partial charge < -0.3 is 19.1 Å². The molecule has 0 bridgehead atoms. The smallest absolute Gasteiger partial charge is 0.336 e. The highest BCUT2D eigenvalue weighted by Crippen LogP contribution is 2.57. The van der Waals surface area contributed by atoms with Gasteiger partial charge >= 0.3 is 5.97 Å². The summed E-state index contributed by atoms with van der Waals surface area (Å²) in [5, 5.41) is 0. The van der Waals surface area contributed by atoms with E-state index in [2.05, 4.69) is 35.9 Å². The zero-order valence-electron chi connectivity index (χ0n) is 31.2. The second-order valence-electron chi connectivity index (χ2n) is 13.9. The molecule has 0 amide bonds. The summed E-state index contributed by atoms with van der Waals surface area (Å²) in [7, 11) is 0. The van der Waals surface area contributed by atoms with Gasteiger partial charge in [-0.05, 0) is 91.1 Å². The summed E-state index contributed by atoms with van der Waals surface area (Å²) >= 11 is 0. The normalized spacial score (nSPS) is 16.0. The van der Waals surface area contributed by atoms with Crippen LogP contribution in [-0.4, -0.2) is 35.8 Å². The van der Waals surface area contributed by atoms with Crippen molar-refractivity contribution < 1.29 is 28.8 Å². The maximum Gasteiger partial charge on any atom is 0.336 e. The fourth-order valence-electron chi connectivity index (χ4n) is 7.45. The molecular weight excluding hydrogens is 665 g/mol. The first-order valence-electron chi connectivity index (χ1n) is 19.4. The lowest BCUT2D eigenvalue weighted by molar-refractivity contribution is -0.196. The molecule has 6 rings (SSSR count). The van der Waals surface area contributed by atoms with Crippen molar-refractivity contribution in [3.8, 4) is 23.3 Å². The van der Waals surface area contributed by atoms with Crippen LogP contribution < -0.4 is 19.1 Å². The van der Waals surface area contributed by atoms with E-state index in [1.54, 1.807) is 18.5 Å². The molecule has 0 saturated heterocycles. The third kappa shape index (κ3) is 9.93. The van der Waals surface area contributed by atoms with Gasteiger partial charge in [0.25, 0.3) is 0 Å². The van der Waals surface area contributed by atoms with E-state index in [0.29, 0.717) is 36.5 Å². The van der Waals surface area contributed by atoms with Crippen molar-refractivity contribution in [2.45, 2.75) is 96.3 Å². The zero-order valence-corrected chi connectivity index (χ0v) is 31.2. The van der Waals surface area contributed by atoms with Crippen molar-refractivity contribution in [2.75, 3.05) is 19.8 Å². The van der Waals surface area contributed by atoms with Crippen LogP contribution in [-0.2, 0) is 27.9 Å². The molecule has 0 fully saturated rings. The quantitative estimate of drug-likeness (QED) is 0.0223. The number of benzene rings is 2. The summed E-state index contributed by atoms with van der Waals surface area (Å²) in [6.45, 7) is 6.01. The molecule has 2 aliphatic carbocycles. The van der Waals surface area contributed by atoms with Crippen LogP contribution in [0.4, 0.5) is 0 Å². The van der Waals surface area contributed by atoms with Gasteiger partial charge in [-0.25, -0.2) is 14.8 Å². The van der Waals surface area contributed by atoms with Crippen molar-refractivity contribution in [3.05, 3.63) is 119 Å². The van der Waals surface area contributed by atoms with Crippen LogP contribution in [0.5, 0.6) is 23.3 Å². The van der Waals surface area contributed by atoms with E-state index in [1.165, 1.54) is 49.3 Å². The Balaban J connectivity index is 1.06. The Morgan fingerprint density at radius 1 is 0.698 bits per heavy atom. The Kier molecular flexibility index (Phi) is 13.7. The third-order valence-corrected chi connectivity index (χ3v) is 10.1. The molecule has 0 N–H and O–H groups in total. The number of aromatic nitrogens is 2. The minimum atomic E-state index is -0.436. The number of esters is 1. The molecule has 8 heteroatoms. The van der Waals surface area contributed by atoms with Gasteiger partial charge in [-0.3, -0.25) is 0 Å². The summed E-state index contributed by atoms with van der Waals surface area (Å²) in [5.74, 6) is 2.09. The minimum Gasteiger partial charge on any atom is -0.478 e. The number of ether oxygens (including phenoxy) is 3. The first-order chi connectivity index (χ1) is 26.1. The Morgan fingerprint density at radius 2 is 1.28 bits per heavy atom. The zero-order chi connectivity index (χ0) is 36.7. The first kappa shape index (κ1) is 37.8. The number of rotatable bonds is 20. The number of fused-ring (bicyclic) bond motifs is 4. The van der Waals surface area contributed by atoms with Gasteiger partial charge in [0.05, 0.1) is 13.2 Å². The monoisotopic (exact) mass is 716 g/mol. The molecule has 8 nitrogen and oxygen atoms in total. The van der Waals surface area contributed by atoms with E-state index in [-0.39, 0.29) is 12.0 Å². The number of nitrogens with zero attached hydrogens (tertiary/aromatic N) is 2. The molecule has 1 atom stereocenters. The van der Waals surface area contributed by atoms with Crippen LogP contribution in [0.3, 0.4) is 0 Å². The lowest BCUT2D eigenvalue weighted by Crippen LogP contribution is -2.24. The van der Waals surface area contributed by atoms with Crippen LogP contribution >= 0.6 is 0 Å². The van der Waals surface area contributed by atoms with E-state index in [0.717, 1.165) is 67.2 Å². The second-order valence-corrected chi connectivity index (χ2v) is 13.9. The summed E-state index contributed by atoms with van der Waals surface area (Å²) in [6, 6.07) is 19.7. The number of aryl methyl sites for hydroxylation is 2. The number of carbonyl (C=O) groups is 1. The number of unbranched alkanes of at least 4 members (excludes halogenated alkanes) is 6. The SMILES string of the molecule is CCCCCCOc1ccc(C=CC(=O)Oc2cccc3c2C2(CCc4cccc(OOC/C=C/c5ccc(OCCCCCC)nc5)c42)CC3)cn1. The van der Waals surface area contributed by atoms with E-state index in [4.69, 9.17) is 24.0 Å². The van der Waals surface area contributed by atoms with Crippen molar-refractivity contribution in [1.82, 2.24) is 9.97 Å². The van der Waals surface area contributed by atoms with Gasteiger partial charge in [-0.2, -0.15) is 4.89 Å². The molecule has 4 aromatic rings. The Hall–Kier alpha value is -4.95. The Bertz CT molecular complexity index is 1830. The van der Waals surface area contributed by atoms with Gasteiger partial charge in [-0.1, -0.05) is 88.8 Å². The van der Waals surface area contributed by atoms with Gasteiger partial charge in [-0.15, -0.1) is 0 Å². The van der Waals surface area contributed by atoms with E-state index in [1.807, 2.05) is 60.7 Å². The van der Waals surface area contributed by atoms with Gasteiger partial charge in [0.2, 0.25) is 11.8 Å². The van der Waals surface area contributed by atoms with Crippen LogP contribution in [0.2, 0.25) is 0 Å². The fraction of sp³-hybridized carbons (Fsp3) is 0.400. The Labute approximate surface area is 314 Å². The lowest BCUT2D eigenvalue weighted by Gasteiger charge is -2.29. The van der Waals surface area contributed by atoms with E-state index >= 15 is 0 Å².